The Morgan fingerprint density at radius 3 is 2.71 bits per heavy atom. The standard InChI is InChI=1S/C18H17FN2O2S/c1-11-7-16(12(2)20-11)17(22)10-24-9-15-8-23-18(21-15)13-3-5-14(19)6-4-13/h3-8,20H,9-10H2,1-2H3. The Balaban J connectivity index is 1.57. The average Bonchev–Trinajstić information content (AvgIpc) is 3.14. The van der Waals surface area contributed by atoms with Crippen LogP contribution in [0.3, 0.4) is 0 Å². The fourth-order valence-corrected chi connectivity index (χ4v) is 3.22. The molecule has 24 heavy (non-hydrogen) atoms. The average molecular weight is 344 g/mol. The summed E-state index contributed by atoms with van der Waals surface area (Å²) in [4.78, 5) is 19.7. The third-order valence-electron chi connectivity index (χ3n) is 3.58. The summed E-state index contributed by atoms with van der Waals surface area (Å²) in [5, 5.41) is 0. The van der Waals surface area contributed by atoms with Crippen molar-refractivity contribution in [2.75, 3.05) is 5.75 Å². The van der Waals surface area contributed by atoms with Crippen LogP contribution in [0.2, 0.25) is 0 Å². The molecule has 0 saturated carbocycles. The third-order valence-corrected chi connectivity index (χ3v) is 4.54. The Morgan fingerprint density at radius 1 is 1.29 bits per heavy atom. The number of nitrogens with one attached hydrogen (secondary N) is 1. The molecule has 0 bridgehead atoms. The Hall–Kier alpha value is -2.34. The Bertz CT molecular complexity index is 852. The molecule has 3 aromatic rings. The molecule has 4 nitrogen and oxygen atoms in total. The molecule has 1 N–H and O–H groups in total. The van der Waals surface area contributed by atoms with Crippen molar-refractivity contribution in [3.8, 4) is 11.5 Å². The van der Waals surface area contributed by atoms with Crippen LogP contribution in [0, 0.1) is 19.7 Å². The van der Waals surface area contributed by atoms with E-state index in [1.54, 1.807) is 18.4 Å². The van der Waals surface area contributed by atoms with Crippen molar-refractivity contribution >= 4 is 17.5 Å². The molecular formula is C18H17FN2O2S. The lowest BCUT2D eigenvalue weighted by molar-refractivity contribution is 0.102. The van der Waals surface area contributed by atoms with E-state index >= 15 is 0 Å². The maximum absolute atomic E-state index is 12.9. The second kappa shape index (κ2) is 7.05. The number of carbonyl (C=O) groups excluding carboxylic acids is 1. The third kappa shape index (κ3) is 3.76. The topological polar surface area (TPSA) is 58.9 Å². The summed E-state index contributed by atoms with van der Waals surface area (Å²) in [6.07, 6.45) is 1.57. The van der Waals surface area contributed by atoms with Crippen molar-refractivity contribution in [2.45, 2.75) is 19.6 Å². The van der Waals surface area contributed by atoms with Gasteiger partial charge in [0.25, 0.3) is 0 Å². The van der Waals surface area contributed by atoms with Gasteiger partial charge in [-0.3, -0.25) is 4.79 Å². The quantitative estimate of drug-likeness (QED) is 0.667. The molecule has 0 aliphatic carbocycles. The van der Waals surface area contributed by atoms with Gasteiger partial charge < -0.3 is 9.40 Å². The minimum Gasteiger partial charge on any atom is -0.444 e. The van der Waals surface area contributed by atoms with Gasteiger partial charge in [0.05, 0.1) is 11.4 Å². The van der Waals surface area contributed by atoms with Crippen LogP contribution in [0.25, 0.3) is 11.5 Å². The highest BCUT2D eigenvalue weighted by atomic mass is 32.2. The van der Waals surface area contributed by atoms with Gasteiger partial charge in [0.15, 0.2) is 5.78 Å². The summed E-state index contributed by atoms with van der Waals surface area (Å²) in [5.41, 5.74) is 4.11. The van der Waals surface area contributed by atoms with E-state index in [0.29, 0.717) is 17.4 Å². The zero-order valence-electron chi connectivity index (χ0n) is 13.4. The number of hydrogen-bond donors (Lipinski definition) is 1. The number of oxazole rings is 1. The van der Waals surface area contributed by atoms with E-state index in [4.69, 9.17) is 4.42 Å². The van der Waals surface area contributed by atoms with Gasteiger partial charge in [-0.15, -0.1) is 11.8 Å². The maximum Gasteiger partial charge on any atom is 0.226 e. The SMILES string of the molecule is Cc1cc(C(=O)CSCc2coc(-c3ccc(F)cc3)n2)c(C)[nH]1. The van der Waals surface area contributed by atoms with Crippen molar-refractivity contribution in [1.29, 1.82) is 0 Å². The summed E-state index contributed by atoms with van der Waals surface area (Å²) < 4.78 is 18.3. The Morgan fingerprint density at radius 2 is 2.04 bits per heavy atom. The molecule has 124 valence electrons. The van der Waals surface area contributed by atoms with E-state index in [-0.39, 0.29) is 11.6 Å². The highest BCUT2D eigenvalue weighted by molar-refractivity contribution is 7.99. The smallest absolute Gasteiger partial charge is 0.226 e. The van der Waals surface area contributed by atoms with Crippen LogP contribution >= 0.6 is 11.8 Å². The van der Waals surface area contributed by atoms with Crippen molar-refractivity contribution in [3.05, 3.63) is 65.1 Å². The predicted molar refractivity (Wildman–Crippen MR) is 92.7 cm³/mol. The van der Waals surface area contributed by atoms with Crippen LogP contribution < -0.4 is 0 Å². The summed E-state index contributed by atoms with van der Waals surface area (Å²) in [6.45, 7) is 3.83. The number of thioether (sulfide) groups is 1. The molecule has 0 aliphatic heterocycles. The predicted octanol–water partition coefficient (Wildman–Crippen LogP) is 4.54. The fourth-order valence-electron chi connectivity index (χ4n) is 2.44. The van der Waals surface area contributed by atoms with Crippen LogP contribution in [0.4, 0.5) is 4.39 Å². The van der Waals surface area contributed by atoms with Gasteiger partial charge in [-0.2, -0.15) is 0 Å². The first kappa shape index (κ1) is 16.5. The normalized spacial score (nSPS) is 11.0. The van der Waals surface area contributed by atoms with Gasteiger partial charge in [-0.1, -0.05) is 0 Å². The van der Waals surface area contributed by atoms with Crippen molar-refractivity contribution < 1.29 is 13.6 Å². The lowest BCUT2D eigenvalue weighted by Crippen LogP contribution is -2.03. The number of H-pyrrole nitrogens is 1. The number of rotatable bonds is 6. The second-order valence-corrected chi connectivity index (χ2v) is 6.54. The molecule has 0 aliphatic rings. The van der Waals surface area contributed by atoms with E-state index in [1.165, 1.54) is 23.9 Å². The van der Waals surface area contributed by atoms with Crippen LogP contribution in [0.5, 0.6) is 0 Å². The van der Waals surface area contributed by atoms with Gasteiger partial charge in [-0.05, 0) is 44.2 Å². The lowest BCUT2D eigenvalue weighted by Gasteiger charge is -1.99. The molecule has 0 fully saturated rings. The molecule has 0 spiro atoms. The van der Waals surface area contributed by atoms with Crippen LogP contribution in [-0.4, -0.2) is 21.5 Å². The highest BCUT2D eigenvalue weighted by Gasteiger charge is 2.12. The lowest BCUT2D eigenvalue weighted by atomic mass is 10.2. The number of Topliss-reactive ketones (excluding diaryl/α,β-unsaturated/α-hetero) is 1. The number of halogens is 1. The molecule has 6 heteroatoms. The summed E-state index contributed by atoms with van der Waals surface area (Å²) in [7, 11) is 0. The number of aryl methyl sites for hydroxylation is 2. The minimum atomic E-state index is -0.296. The number of hydrogen-bond acceptors (Lipinski definition) is 4. The molecule has 1 aromatic carbocycles. The van der Waals surface area contributed by atoms with Crippen LogP contribution in [0.1, 0.15) is 27.4 Å². The van der Waals surface area contributed by atoms with E-state index in [1.807, 2.05) is 19.9 Å². The van der Waals surface area contributed by atoms with E-state index in [9.17, 15) is 9.18 Å². The highest BCUT2D eigenvalue weighted by Crippen LogP contribution is 2.22. The number of aromatic nitrogens is 2. The van der Waals surface area contributed by atoms with Gasteiger partial charge in [0, 0.05) is 28.3 Å². The summed E-state index contributed by atoms with van der Waals surface area (Å²) in [5.74, 6) is 1.23. The zero-order chi connectivity index (χ0) is 17.1. The fraction of sp³-hybridized carbons (Fsp3) is 0.222. The van der Waals surface area contributed by atoms with Gasteiger partial charge >= 0.3 is 0 Å². The monoisotopic (exact) mass is 344 g/mol. The number of aromatic amines is 1. The minimum absolute atomic E-state index is 0.101. The number of nitrogens with zero attached hydrogens (tertiary/aromatic N) is 1. The second-order valence-electron chi connectivity index (χ2n) is 5.56. The number of benzene rings is 1. The molecule has 3 rings (SSSR count). The zero-order valence-corrected chi connectivity index (χ0v) is 14.2. The molecule has 0 atom stereocenters. The molecule has 0 saturated heterocycles. The van der Waals surface area contributed by atoms with Crippen molar-refractivity contribution in [3.63, 3.8) is 0 Å². The van der Waals surface area contributed by atoms with Crippen LogP contribution in [0.15, 0.2) is 41.0 Å². The van der Waals surface area contributed by atoms with E-state index in [2.05, 4.69) is 9.97 Å². The Kier molecular flexibility index (Phi) is 4.85. The largest absolute Gasteiger partial charge is 0.444 e. The Labute approximate surface area is 143 Å². The first-order chi connectivity index (χ1) is 11.5. The number of ketones is 1. The molecule has 0 amide bonds. The molecule has 0 radical (unpaired) electrons. The molecular weight excluding hydrogens is 327 g/mol. The number of carbonyl (C=O) groups is 1. The molecule has 2 heterocycles. The first-order valence-electron chi connectivity index (χ1n) is 7.50. The molecule has 2 aromatic heterocycles. The summed E-state index contributed by atoms with van der Waals surface area (Å²) in [6, 6.07) is 7.86. The van der Waals surface area contributed by atoms with Gasteiger partial charge in [-0.25, -0.2) is 9.37 Å². The summed E-state index contributed by atoms with van der Waals surface area (Å²) >= 11 is 1.49. The van der Waals surface area contributed by atoms with Gasteiger partial charge in [0.2, 0.25) is 5.89 Å². The van der Waals surface area contributed by atoms with Crippen molar-refractivity contribution in [1.82, 2.24) is 9.97 Å². The first-order valence-corrected chi connectivity index (χ1v) is 8.66. The van der Waals surface area contributed by atoms with E-state index < -0.39 is 0 Å². The van der Waals surface area contributed by atoms with Crippen LogP contribution in [-0.2, 0) is 5.75 Å². The van der Waals surface area contributed by atoms with Crippen molar-refractivity contribution in [2.24, 2.45) is 0 Å². The van der Waals surface area contributed by atoms with E-state index in [0.717, 1.165) is 28.2 Å². The maximum atomic E-state index is 12.9. The molecule has 0 unspecified atom stereocenters. The van der Waals surface area contributed by atoms with Gasteiger partial charge in [0.1, 0.15) is 12.1 Å².